The standard InChI is InChI=1S/C12H13BrF2OS/c1-7(2)17-6-8(16)5-9-11(14)4-3-10(13)12(9)15/h3-4,7H,5-6H2,1-2H3. The Morgan fingerprint density at radius 1 is 1.41 bits per heavy atom. The summed E-state index contributed by atoms with van der Waals surface area (Å²) < 4.78 is 27.1. The van der Waals surface area contributed by atoms with E-state index in [0.29, 0.717) is 5.25 Å². The summed E-state index contributed by atoms with van der Waals surface area (Å²) in [5.41, 5.74) is -0.159. The van der Waals surface area contributed by atoms with Crippen LogP contribution in [0.2, 0.25) is 0 Å². The first-order valence-corrected chi connectivity index (χ1v) is 7.01. The summed E-state index contributed by atoms with van der Waals surface area (Å²) in [7, 11) is 0. The first-order chi connectivity index (χ1) is 7.91. The van der Waals surface area contributed by atoms with E-state index in [1.807, 2.05) is 13.8 Å². The number of benzene rings is 1. The fraction of sp³-hybridized carbons (Fsp3) is 0.417. The lowest BCUT2D eigenvalue weighted by molar-refractivity contribution is -0.116. The molecule has 0 spiro atoms. The average molecular weight is 323 g/mol. The van der Waals surface area contributed by atoms with Gasteiger partial charge in [-0.2, -0.15) is 11.8 Å². The van der Waals surface area contributed by atoms with Crippen LogP contribution >= 0.6 is 27.7 Å². The molecule has 0 N–H and O–H groups in total. The average Bonchev–Trinajstić information content (AvgIpc) is 2.27. The molecular formula is C12H13BrF2OS. The molecule has 0 bridgehead atoms. The van der Waals surface area contributed by atoms with Crippen molar-refractivity contribution in [1.82, 2.24) is 0 Å². The largest absolute Gasteiger partial charge is 0.298 e. The summed E-state index contributed by atoms with van der Waals surface area (Å²) in [5.74, 6) is -1.25. The molecule has 1 aromatic carbocycles. The number of ketones is 1. The van der Waals surface area contributed by atoms with Crippen LogP contribution in [0.1, 0.15) is 19.4 Å². The van der Waals surface area contributed by atoms with Crippen LogP contribution in [-0.2, 0) is 11.2 Å². The number of thioether (sulfide) groups is 1. The Hall–Kier alpha value is -0.420. The van der Waals surface area contributed by atoms with E-state index in [2.05, 4.69) is 15.9 Å². The van der Waals surface area contributed by atoms with Crippen LogP contribution in [0.15, 0.2) is 16.6 Å². The number of hydrogen-bond acceptors (Lipinski definition) is 2. The summed E-state index contributed by atoms with van der Waals surface area (Å²) in [6.07, 6.45) is -0.198. The molecule has 94 valence electrons. The van der Waals surface area contributed by atoms with E-state index >= 15 is 0 Å². The van der Waals surface area contributed by atoms with E-state index in [9.17, 15) is 13.6 Å². The van der Waals surface area contributed by atoms with Crippen molar-refractivity contribution < 1.29 is 13.6 Å². The zero-order valence-corrected chi connectivity index (χ0v) is 12.0. The molecule has 5 heteroatoms. The Kier molecular flexibility index (Phi) is 5.59. The third-order valence-electron chi connectivity index (χ3n) is 2.09. The van der Waals surface area contributed by atoms with E-state index in [1.54, 1.807) is 0 Å². The maximum Gasteiger partial charge on any atom is 0.147 e. The summed E-state index contributed by atoms with van der Waals surface area (Å²) >= 11 is 4.44. The lowest BCUT2D eigenvalue weighted by Crippen LogP contribution is -2.10. The molecule has 0 aliphatic carbocycles. The summed E-state index contributed by atoms with van der Waals surface area (Å²) in [6.45, 7) is 3.94. The van der Waals surface area contributed by atoms with Gasteiger partial charge in [-0.15, -0.1) is 0 Å². The lowest BCUT2D eigenvalue weighted by Gasteiger charge is -2.07. The van der Waals surface area contributed by atoms with Gasteiger partial charge < -0.3 is 0 Å². The minimum absolute atomic E-state index is 0.159. The van der Waals surface area contributed by atoms with Gasteiger partial charge in [-0.25, -0.2) is 8.78 Å². The molecule has 1 rings (SSSR count). The second-order valence-corrected chi connectivity index (χ2v) is 6.32. The Bertz CT molecular complexity index is 421. The minimum atomic E-state index is -0.687. The first-order valence-electron chi connectivity index (χ1n) is 5.17. The van der Waals surface area contributed by atoms with Gasteiger partial charge in [-0.3, -0.25) is 4.79 Å². The maximum atomic E-state index is 13.6. The highest BCUT2D eigenvalue weighted by molar-refractivity contribution is 9.10. The maximum absolute atomic E-state index is 13.6. The van der Waals surface area contributed by atoms with E-state index in [4.69, 9.17) is 0 Å². The number of rotatable bonds is 5. The van der Waals surface area contributed by atoms with Crippen LogP contribution in [0.4, 0.5) is 8.78 Å². The van der Waals surface area contributed by atoms with E-state index in [-0.39, 0.29) is 28.0 Å². The lowest BCUT2D eigenvalue weighted by atomic mass is 10.1. The van der Waals surface area contributed by atoms with Gasteiger partial charge in [-0.1, -0.05) is 13.8 Å². The van der Waals surface area contributed by atoms with Gasteiger partial charge >= 0.3 is 0 Å². The van der Waals surface area contributed by atoms with Crippen LogP contribution in [0.25, 0.3) is 0 Å². The molecular weight excluding hydrogens is 310 g/mol. The van der Waals surface area contributed by atoms with E-state index < -0.39 is 11.6 Å². The SMILES string of the molecule is CC(C)SCC(=O)Cc1c(F)ccc(Br)c1F. The highest BCUT2D eigenvalue weighted by atomic mass is 79.9. The topological polar surface area (TPSA) is 17.1 Å². The van der Waals surface area contributed by atoms with Gasteiger partial charge in [0.15, 0.2) is 0 Å². The van der Waals surface area contributed by atoms with Crippen molar-refractivity contribution in [3.05, 3.63) is 33.8 Å². The van der Waals surface area contributed by atoms with Crippen LogP contribution in [0, 0.1) is 11.6 Å². The van der Waals surface area contributed by atoms with Crippen LogP contribution in [-0.4, -0.2) is 16.8 Å². The second kappa shape index (κ2) is 6.50. The zero-order valence-electron chi connectivity index (χ0n) is 9.60. The molecule has 0 atom stereocenters. The Morgan fingerprint density at radius 2 is 2.06 bits per heavy atom. The smallest absolute Gasteiger partial charge is 0.147 e. The first kappa shape index (κ1) is 14.6. The predicted molar refractivity (Wildman–Crippen MR) is 70.4 cm³/mol. The fourth-order valence-corrected chi connectivity index (χ4v) is 2.23. The molecule has 0 heterocycles. The van der Waals surface area contributed by atoms with Gasteiger partial charge in [0.05, 0.1) is 10.2 Å². The molecule has 1 aromatic rings. The zero-order chi connectivity index (χ0) is 13.0. The van der Waals surface area contributed by atoms with Gasteiger partial charge in [0, 0.05) is 12.0 Å². The number of Topliss-reactive ketones (excluding diaryl/α,β-unsaturated/α-hetero) is 1. The van der Waals surface area contributed by atoms with Crippen molar-refractivity contribution >= 4 is 33.5 Å². The quantitative estimate of drug-likeness (QED) is 0.763. The highest BCUT2D eigenvalue weighted by Gasteiger charge is 2.16. The van der Waals surface area contributed by atoms with Crippen molar-refractivity contribution in [2.75, 3.05) is 5.75 Å². The molecule has 0 unspecified atom stereocenters. The molecule has 0 aromatic heterocycles. The highest BCUT2D eigenvalue weighted by Crippen LogP contribution is 2.22. The molecule has 0 aliphatic rings. The van der Waals surface area contributed by atoms with Crippen LogP contribution in [0.5, 0.6) is 0 Å². The second-order valence-electron chi connectivity index (χ2n) is 3.90. The Labute approximate surface area is 112 Å². The molecule has 0 radical (unpaired) electrons. The minimum Gasteiger partial charge on any atom is -0.298 e. The number of carbonyl (C=O) groups is 1. The van der Waals surface area contributed by atoms with Gasteiger partial charge in [0.1, 0.15) is 17.4 Å². The van der Waals surface area contributed by atoms with Crippen molar-refractivity contribution in [1.29, 1.82) is 0 Å². The van der Waals surface area contributed by atoms with Gasteiger partial charge in [0.25, 0.3) is 0 Å². The van der Waals surface area contributed by atoms with Crippen LogP contribution in [0.3, 0.4) is 0 Å². The van der Waals surface area contributed by atoms with Crippen molar-refractivity contribution in [2.45, 2.75) is 25.5 Å². The monoisotopic (exact) mass is 322 g/mol. The molecule has 0 saturated heterocycles. The Balaban J connectivity index is 2.74. The van der Waals surface area contributed by atoms with Gasteiger partial charge in [-0.05, 0) is 33.3 Å². The van der Waals surface area contributed by atoms with Gasteiger partial charge in [0.2, 0.25) is 0 Å². The van der Waals surface area contributed by atoms with Crippen molar-refractivity contribution in [3.8, 4) is 0 Å². The summed E-state index contributed by atoms with van der Waals surface area (Å²) in [6, 6.07) is 2.45. The van der Waals surface area contributed by atoms with E-state index in [0.717, 1.165) is 6.07 Å². The fourth-order valence-electron chi connectivity index (χ4n) is 1.24. The predicted octanol–water partition coefficient (Wildman–Crippen LogP) is 3.98. The molecule has 0 fully saturated rings. The van der Waals surface area contributed by atoms with Crippen molar-refractivity contribution in [3.63, 3.8) is 0 Å². The van der Waals surface area contributed by atoms with Crippen molar-refractivity contribution in [2.24, 2.45) is 0 Å². The summed E-state index contributed by atoms with van der Waals surface area (Å²) in [4.78, 5) is 11.6. The number of hydrogen-bond donors (Lipinski definition) is 0. The molecule has 17 heavy (non-hydrogen) atoms. The third-order valence-corrected chi connectivity index (χ3v) is 3.86. The van der Waals surface area contributed by atoms with E-state index in [1.165, 1.54) is 17.8 Å². The third kappa shape index (κ3) is 4.39. The molecule has 1 nitrogen and oxygen atoms in total. The number of halogens is 3. The summed E-state index contributed by atoms with van der Waals surface area (Å²) in [5, 5.41) is 0.330. The number of carbonyl (C=O) groups excluding carboxylic acids is 1. The Morgan fingerprint density at radius 3 is 2.65 bits per heavy atom. The molecule has 0 aliphatic heterocycles. The molecule has 0 amide bonds. The normalized spacial score (nSPS) is 10.9. The van der Waals surface area contributed by atoms with Crippen LogP contribution < -0.4 is 0 Å². The molecule has 0 saturated carbocycles.